The molecule has 2 heterocycles. The van der Waals surface area contributed by atoms with Crippen LogP contribution in [0.2, 0.25) is 0 Å². The Kier molecular flexibility index (Phi) is 4.85. The second kappa shape index (κ2) is 7.02. The Hall–Kier alpha value is -1.43. The molecule has 2 fully saturated rings. The molecule has 2 aliphatic rings. The third kappa shape index (κ3) is 4.03. The van der Waals surface area contributed by atoms with Crippen LogP contribution in [0.25, 0.3) is 0 Å². The maximum absolute atomic E-state index is 4.67. The van der Waals surface area contributed by atoms with Gasteiger partial charge in [-0.3, -0.25) is 0 Å². The van der Waals surface area contributed by atoms with E-state index in [1.807, 2.05) is 0 Å². The lowest BCUT2D eigenvalue weighted by molar-refractivity contribution is 0.312. The zero-order chi connectivity index (χ0) is 14.5. The lowest BCUT2D eigenvalue weighted by atomic mass is 10.1. The number of aromatic nitrogens is 3. The van der Waals surface area contributed by atoms with Crippen molar-refractivity contribution in [1.29, 1.82) is 0 Å². The first-order valence-corrected chi connectivity index (χ1v) is 8.21. The van der Waals surface area contributed by atoms with Crippen LogP contribution >= 0.6 is 0 Å². The standard InChI is InChI=1S/C15H26N6/c1-20-8-10-21(11-9-20)14-12-16-19-15(18-14)17-13-6-4-2-3-5-7-13/h12-13H,2-11H2,1H3,(H,17,18,19). The van der Waals surface area contributed by atoms with E-state index in [-0.39, 0.29) is 0 Å². The number of piperazine rings is 1. The summed E-state index contributed by atoms with van der Waals surface area (Å²) in [6, 6.07) is 0.511. The minimum absolute atomic E-state index is 0.511. The van der Waals surface area contributed by atoms with Crippen molar-refractivity contribution in [2.45, 2.75) is 44.6 Å². The normalized spacial score (nSPS) is 22.0. The average molecular weight is 290 g/mol. The third-order valence-electron chi connectivity index (χ3n) is 4.56. The second-order valence-electron chi connectivity index (χ2n) is 6.26. The highest BCUT2D eigenvalue weighted by molar-refractivity contribution is 5.41. The lowest BCUT2D eigenvalue weighted by Crippen LogP contribution is -2.45. The number of rotatable bonds is 3. The fourth-order valence-corrected chi connectivity index (χ4v) is 3.15. The summed E-state index contributed by atoms with van der Waals surface area (Å²) in [6.07, 6.45) is 9.57. The second-order valence-corrected chi connectivity index (χ2v) is 6.26. The number of nitrogens with zero attached hydrogens (tertiary/aromatic N) is 5. The van der Waals surface area contributed by atoms with Crippen molar-refractivity contribution in [3.63, 3.8) is 0 Å². The van der Waals surface area contributed by atoms with E-state index in [1.165, 1.54) is 38.5 Å². The first-order valence-electron chi connectivity index (χ1n) is 8.21. The highest BCUT2D eigenvalue weighted by Gasteiger charge is 2.17. The Morgan fingerprint density at radius 3 is 2.48 bits per heavy atom. The Labute approximate surface area is 126 Å². The fourth-order valence-electron chi connectivity index (χ4n) is 3.15. The van der Waals surface area contributed by atoms with Gasteiger partial charge in [-0.2, -0.15) is 10.1 Å². The zero-order valence-corrected chi connectivity index (χ0v) is 13.0. The van der Waals surface area contributed by atoms with Gasteiger partial charge < -0.3 is 15.1 Å². The number of likely N-dealkylation sites (N-methyl/N-ethyl adjacent to an activating group) is 1. The SMILES string of the molecule is CN1CCN(c2cnnc(NC3CCCCCC3)n2)CC1. The summed E-state index contributed by atoms with van der Waals surface area (Å²) in [6.45, 7) is 4.18. The minimum Gasteiger partial charge on any atom is -0.353 e. The van der Waals surface area contributed by atoms with Crippen molar-refractivity contribution >= 4 is 11.8 Å². The van der Waals surface area contributed by atoms with E-state index in [0.717, 1.165) is 32.0 Å². The highest BCUT2D eigenvalue weighted by Crippen LogP contribution is 2.20. The summed E-state index contributed by atoms with van der Waals surface area (Å²) in [5.74, 6) is 1.65. The molecule has 116 valence electrons. The van der Waals surface area contributed by atoms with Crippen molar-refractivity contribution in [1.82, 2.24) is 20.1 Å². The molecule has 1 aliphatic carbocycles. The van der Waals surface area contributed by atoms with Crippen LogP contribution in [-0.4, -0.2) is 59.3 Å². The molecule has 0 unspecified atom stereocenters. The van der Waals surface area contributed by atoms with Gasteiger partial charge in [0, 0.05) is 32.2 Å². The topological polar surface area (TPSA) is 57.2 Å². The van der Waals surface area contributed by atoms with E-state index >= 15 is 0 Å². The summed E-state index contributed by atoms with van der Waals surface area (Å²) in [4.78, 5) is 9.31. The molecule has 1 aliphatic heterocycles. The first kappa shape index (κ1) is 14.5. The number of nitrogens with one attached hydrogen (secondary N) is 1. The van der Waals surface area contributed by atoms with Gasteiger partial charge in [0.05, 0.1) is 6.20 Å². The lowest BCUT2D eigenvalue weighted by Gasteiger charge is -2.33. The van der Waals surface area contributed by atoms with Gasteiger partial charge in [0.15, 0.2) is 5.82 Å². The minimum atomic E-state index is 0.511. The molecule has 6 heteroatoms. The molecule has 0 bridgehead atoms. The van der Waals surface area contributed by atoms with Crippen LogP contribution in [0.15, 0.2) is 6.20 Å². The smallest absolute Gasteiger partial charge is 0.244 e. The molecule has 6 nitrogen and oxygen atoms in total. The van der Waals surface area contributed by atoms with Gasteiger partial charge in [0.25, 0.3) is 0 Å². The van der Waals surface area contributed by atoms with Crippen molar-refractivity contribution in [3.05, 3.63) is 6.20 Å². The number of hydrogen-bond acceptors (Lipinski definition) is 6. The summed E-state index contributed by atoms with van der Waals surface area (Å²) < 4.78 is 0. The molecule has 1 N–H and O–H groups in total. The molecule has 0 amide bonds. The summed E-state index contributed by atoms with van der Waals surface area (Å²) >= 11 is 0. The van der Waals surface area contributed by atoms with E-state index in [4.69, 9.17) is 0 Å². The first-order chi connectivity index (χ1) is 10.3. The summed E-state index contributed by atoms with van der Waals surface area (Å²) in [5.41, 5.74) is 0. The van der Waals surface area contributed by atoms with Crippen LogP contribution in [0, 0.1) is 0 Å². The third-order valence-corrected chi connectivity index (χ3v) is 4.56. The maximum Gasteiger partial charge on any atom is 0.244 e. The van der Waals surface area contributed by atoms with Crippen molar-refractivity contribution in [2.75, 3.05) is 43.4 Å². The maximum atomic E-state index is 4.67. The average Bonchev–Trinajstić information content (AvgIpc) is 2.77. The van der Waals surface area contributed by atoms with Gasteiger partial charge in [-0.25, -0.2) is 0 Å². The quantitative estimate of drug-likeness (QED) is 0.856. The van der Waals surface area contributed by atoms with Crippen LogP contribution in [-0.2, 0) is 0 Å². The molecule has 1 saturated carbocycles. The Morgan fingerprint density at radius 1 is 1.05 bits per heavy atom. The zero-order valence-electron chi connectivity index (χ0n) is 13.0. The Morgan fingerprint density at radius 2 is 1.76 bits per heavy atom. The van der Waals surface area contributed by atoms with Crippen molar-refractivity contribution in [2.24, 2.45) is 0 Å². The van der Waals surface area contributed by atoms with Gasteiger partial charge in [-0.05, 0) is 19.9 Å². The van der Waals surface area contributed by atoms with Gasteiger partial charge in [0.2, 0.25) is 5.95 Å². The molecule has 1 aromatic heterocycles. The summed E-state index contributed by atoms with van der Waals surface area (Å²) in [7, 11) is 2.16. The molecule has 0 spiro atoms. The van der Waals surface area contributed by atoms with Crippen LogP contribution in [0.4, 0.5) is 11.8 Å². The van der Waals surface area contributed by atoms with E-state index < -0.39 is 0 Å². The molecular weight excluding hydrogens is 264 g/mol. The van der Waals surface area contributed by atoms with Crippen LogP contribution in [0.5, 0.6) is 0 Å². The molecule has 21 heavy (non-hydrogen) atoms. The van der Waals surface area contributed by atoms with E-state index in [0.29, 0.717) is 12.0 Å². The Balaban J connectivity index is 1.62. The predicted octanol–water partition coefficient (Wildman–Crippen LogP) is 1.76. The van der Waals surface area contributed by atoms with E-state index in [1.54, 1.807) is 6.20 Å². The predicted molar refractivity (Wildman–Crippen MR) is 84.6 cm³/mol. The van der Waals surface area contributed by atoms with Crippen LogP contribution in [0.1, 0.15) is 38.5 Å². The molecule has 0 aromatic carbocycles. The van der Waals surface area contributed by atoms with E-state index in [2.05, 4.69) is 37.3 Å². The largest absolute Gasteiger partial charge is 0.353 e. The van der Waals surface area contributed by atoms with Crippen LogP contribution in [0.3, 0.4) is 0 Å². The molecule has 1 aromatic rings. The van der Waals surface area contributed by atoms with Gasteiger partial charge in [0.1, 0.15) is 0 Å². The summed E-state index contributed by atoms with van der Waals surface area (Å²) in [5, 5.41) is 11.8. The molecule has 3 rings (SSSR count). The molecular formula is C15H26N6. The van der Waals surface area contributed by atoms with Gasteiger partial charge in [-0.1, -0.05) is 25.7 Å². The molecule has 0 radical (unpaired) electrons. The van der Waals surface area contributed by atoms with Crippen molar-refractivity contribution < 1.29 is 0 Å². The fraction of sp³-hybridized carbons (Fsp3) is 0.800. The Bertz CT molecular complexity index is 436. The van der Waals surface area contributed by atoms with Gasteiger partial charge in [-0.15, -0.1) is 5.10 Å². The van der Waals surface area contributed by atoms with E-state index in [9.17, 15) is 0 Å². The van der Waals surface area contributed by atoms with Crippen molar-refractivity contribution in [3.8, 4) is 0 Å². The number of hydrogen-bond donors (Lipinski definition) is 1. The molecule has 0 atom stereocenters. The monoisotopic (exact) mass is 290 g/mol. The number of anilines is 2. The van der Waals surface area contributed by atoms with Gasteiger partial charge >= 0.3 is 0 Å². The van der Waals surface area contributed by atoms with Crippen LogP contribution < -0.4 is 10.2 Å². The molecule has 1 saturated heterocycles. The highest BCUT2D eigenvalue weighted by atomic mass is 15.3.